The minimum atomic E-state index is -0.449. The van der Waals surface area contributed by atoms with Gasteiger partial charge in [0.2, 0.25) is 5.82 Å². The summed E-state index contributed by atoms with van der Waals surface area (Å²) < 4.78 is 16.0. The zero-order chi connectivity index (χ0) is 11.4. The van der Waals surface area contributed by atoms with E-state index in [1.165, 1.54) is 0 Å². The summed E-state index contributed by atoms with van der Waals surface area (Å²) in [6.45, 7) is 4.06. The van der Waals surface area contributed by atoms with E-state index < -0.39 is 5.60 Å². The quantitative estimate of drug-likeness (QED) is 0.832. The number of hydrogen-bond donors (Lipinski definition) is 1. The van der Waals surface area contributed by atoms with Gasteiger partial charge in [0.15, 0.2) is 0 Å². The van der Waals surface area contributed by atoms with Gasteiger partial charge in [0.25, 0.3) is 0 Å². The first-order chi connectivity index (χ1) is 7.80. The molecule has 1 N–H and O–H groups in total. The second-order valence-corrected chi connectivity index (χ2v) is 3.76. The molecule has 1 aromatic heterocycles. The lowest BCUT2D eigenvalue weighted by Crippen LogP contribution is -2.36. The molecule has 0 aromatic carbocycles. The van der Waals surface area contributed by atoms with Gasteiger partial charge in [-0.25, -0.2) is 0 Å². The van der Waals surface area contributed by atoms with E-state index in [1.807, 2.05) is 6.92 Å². The van der Waals surface area contributed by atoms with E-state index in [-0.39, 0.29) is 0 Å². The minimum Gasteiger partial charge on any atom is -0.381 e. The van der Waals surface area contributed by atoms with Crippen molar-refractivity contribution in [2.75, 3.05) is 32.2 Å². The van der Waals surface area contributed by atoms with Crippen LogP contribution >= 0.6 is 0 Å². The number of nitrogens with zero attached hydrogens (tertiary/aromatic N) is 2. The van der Waals surface area contributed by atoms with Gasteiger partial charge in [0.05, 0.1) is 0 Å². The zero-order valence-electron chi connectivity index (χ0n) is 9.65. The Labute approximate surface area is 94.3 Å². The first kappa shape index (κ1) is 11.3. The lowest BCUT2D eigenvalue weighted by molar-refractivity contribution is -0.101. The van der Waals surface area contributed by atoms with Crippen LogP contribution < -0.4 is 5.32 Å². The smallest absolute Gasteiger partial charge is 0.321 e. The molecule has 0 atom stereocenters. The summed E-state index contributed by atoms with van der Waals surface area (Å²) >= 11 is 0. The molecule has 2 heterocycles. The molecule has 1 saturated heterocycles. The van der Waals surface area contributed by atoms with Gasteiger partial charge in [0.1, 0.15) is 5.60 Å². The van der Waals surface area contributed by atoms with E-state index in [4.69, 9.17) is 14.0 Å². The Bertz CT molecular complexity index is 334. The van der Waals surface area contributed by atoms with Crippen LogP contribution in [0.1, 0.15) is 25.6 Å². The Morgan fingerprint density at radius 2 is 2.19 bits per heavy atom. The van der Waals surface area contributed by atoms with E-state index in [1.54, 1.807) is 7.11 Å². The molecule has 0 bridgehead atoms. The van der Waals surface area contributed by atoms with Crippen LogP contribution in [0.4, 0.5) is 6.01 Å². The van der Waals surface area contributed by atoms with Crippen LogP contribution in [-0.4, -0.2) is 37.0 Å². The van der Waals surface area contributed by atoms with Gasteiger partial charge in [-0.15, -0.1) is 0 Å². The highest BCUT2D eigenvalue weighted by Crippen LogP contribution is 2.33. The lowest BCUT2D eigenvalue weighted by Gasteiger charge is -2.32. The molecule has 0 radical (unpaired) electrons. The molecule has 1 aliphatic rings. The molecule has 0 saturated carbocycles. The number of anilines is 1. The van der Waals surface area contributed by atoms with E-state index in [2.05, 4.69) is 15.5 Å². The number of methoxy groups -OCH3 is 1. The molecule has 16 heavy (non-hydrogen) atoms. The van der Waals surface area contributed by atoms with Crippen LogP contribution in [0, 0.1) is 0 Å². The average molecular weight is 227 g/mol. The first-order valence-electron chi connectivity index (χ1n) is 5.52. The molecule has 1 aliphatic heterocycles. The molecule has 2 rings (SSSR count). The largest absolute Gasteiger partial charge is 0.381 e. The van der Waals surface area contributed by atoms with Crippen LogP contribution in [0.3, 0.4) is 0 Å². The van der Waals surface area contributed by atoms with Crippen molar-refractivity contribution in [3.05, 3.63) is 5.82 Å². The van der Waals surface area contributed by atoms with E-state index >= 15 is 0 Å². The molecule has 1 aromatic rings. The van der Waals surface area contributed by atoms with Crippen LogP contribution in [-0.2, 0) is 15.1 Å². The Hall–Kier alpha value is -1.14. The predicted molar refractivity (Wildman–Crippen MR) is 57.2 cm³/mol. The molecule has 6 nitrogen and oxygen atoms in total. The summed E-state index contributed by atoms with van der Waals surface area (Å²) in [7, 11) is 1.68. The van der Waals surface area contributed by atoms with Gasteiger partial charge in [-0.05, 0) is 6.92 Å². The minimum absolute atomic E-state index is 0.445. The Morgan fingerprint density at radius 3 is 2.81 bits per heavy atom. The van der Waals surface area contributed by atoms with Crippen molar-refractivity contribution >= 4 is 6.01 Å². The number of hydrogen-bond acceptors (Lipinski definition) is 6. The van der Waals surface area contributed by atoms with Crippen LogP contribution in [0.15, 0.2) is 4.52 Å². The predicted octanol–water partition coefficient (Wildman–Crippen LogP) is 1.15. The fourth-order valence-corrected chi connectivity index (χ4v) is 1.85. The van der Waals surface area contributed by atoms with Crippen LogP contribution in [0.2, 0.25) is 0 Å². The maximum atomic E-state index is 5.56. The van der Waals surface area contributed by atoms with Crippen molar-refractivity contribution in [2.45, 2.75) is 25.4 Å². The molecular weight excluding hydrogens is 210 g/mol. The molecular formula is C10H17N3O3. The normalized spacial score (nSPS) is 19.6. The summed E-state index contributed by atoms with van der Waals surface area (Å²) in [6, 6.07) is 0.445. The van der Waals surface area contributed by atoms with Crippen LogP contribution in [0.25, 0.3) is 0 Å². The van der Waals surface area contributed by atoms with Crippen molar-refractivity contribution in [3.8, 4) is 0 Å². The molecule has 0 amide bonds. The van der Waals surface area contributed by atoms with Gasteiger partial charge in [-0.2, -0.15) is 4.98 Å². The zero-order valence-corrected chi connectivity index (χ0v) is 9.65. The van der Waals surface area contributed by atoms with Crippen molar-refractivity contribution in [1.82, 2.24) is 10.1 Å². The second kappa shape index (κ2) is 4.80. The van der Waals surface area contributed by atoms with Crippen molar-refractivity contribution in [3.63, 3.8) is 0 Å². The standard InChI is InChI=1S/C10H17N3O3/c1-3-11-9-12-8(13-16-9)10(14-2)4-6-15-7-5-10/h3-7H2,1-2H3,(H,11,12,13). The summed E-state index contributed by atoms with van der Waals surface area (Å²) in [4.78, 5) is 4.30. The molecule has 0 aliphatic carbocycles. The van der Waals surface area contributed by atoms with Crippen molar-refractivity contribution in [1.29, 1.82) is 0 Å². The molecule has 6 heteroatoms. The monoisotopic (exact) mass is 227 g/mol. The number of rotatable bonds is 4. The third-order valence-corrected chi connectivity index (χ3v) is 2.85. The summed E-state index contributed by atoms with van der Waals surface area (Å²) in [5.41, 5.74) is -0.449. The van der Waals surface area contributed by atoms with Crippen LogP contribution in [0.5, 0.6) is 0 Å². The topological polar surface area (TPSA) is 69.4 Å². The third-order valence-electron chi connectivity index (χ3n) is 2.85. The van der Waals surface area contributed by atoms with E-state index in [9.17, 15) is 0 Å². The molecule has 1 fully saturated rings. The number of ether oxygens (including phenoxy) is 2. The fourth-order valence-electron chi connectivity index (χ4n) is 1.85. The maximum absolute atomic E-state index is 5.56. The van der Waals surface area contributed by atoms with Crippen molar-refractivity contribution in [2.24, 2.45) is 0 Å². The summed E-state index contributed by atoms with van der Waals surface area (Å²) in [5, 5.41) is 6.95. The summed E-state index contributed by atoms with van der Waals surface area (Å²) in [5.74, 6) is 0.606. The maximum Gasteiger partial charge on any atom is 0.321 e. The Kier molecular flexibility index (Phi) is 3.40. The van der Waals surface area contributed by atoms with Gasteiger partial charge in [0, 0.05) is 39.7 Å². The van der Waals surface area contributed by atoms with E-state index in [0.29, 0.717) is 25.1 Å². The lowest BCUT2D eigenvalue weighted by atomic mass is 9.93. The molecule has 0 spiro atoms. The SMILES string of the molecule is CCNc1nc(C2(OC)CCOCC2)no1. The van der Waals surface area contributed by atoms with Gasteiger partial charge in [-0.3, -0.25) is 0 Å². The Balaban J connectivity index is 2.18. The first-order valence-corrected chi connectivity index (χ1v) is 5.52. The van der Waals surface area contributed by atoms with Gasteiger partial charge in [-0.1, -0.05) is 5.16 Å². The third kappa shape index (κ3) is 2.03. The average Bonchev–Trinajstić information content (AvgIpc) is 2.80. The molecule has 90 valence electrons. The Morgan fingerprint density at radius 1 is 1.44 bits per heavy atom. The highest BCUT2D eigenvalue weighted by Gasteiger charge is 2.39. The van der Waals surface area contributed by atoms with Gasteiger partial charge < -0.3 is 19.3 Å². The highest BCUT2D eigenvalue weighted by atomic mass is 16.5. The summed E-state index contributed by atoms with van der Waals surface area (Å²) in [6.07, 6.45) is 1.52. The van der Waals surface area contributed by atoms with Crippen molar-refractivity contribution < 1.29 is 14.0 Å². The number of nitrogens with one attached hydrogen (secondary N) is 1. The van der Waals surface area contributed by atoms with Gasteiger partial charge >= 0.3 is 6.01 Å². The number of aromatic nitrogens is 2. The van der Waals surface area contributed by atoms with E-state index in [0.717, 1.165) is 19.4 Å². The molecule has 0 unspecified atom stereocenters. The second-order valence-electron chi connectivity index (χ2n) is 3.76. The highest BCUT2D eigenvalue weighted by molar-refractivity contribution is 5.20. The fraction of sp³-hybridized carbons (Fsp3) is 0.800.